The molecule has 0 radical (unpaired) electrons. The number of carboxylic acids is 1. The molecule has 2 rings (SSSR count). The summed E-state index contributed by atoms with van der Waals surface area (Å²) in [4.78, 5) is 10.2. The van der Waals surface area contributed by atoms with Gasteiger partial charge in [-0.3, -0.25) is 4.79 Å². The summed E-state index contributed by atoms with van der Waals surface area (Å²) in [5, 5.41) is 18.0. The Hall–Kier alpha value is -0.420. The van der Waals surface area contributed by atoms with E-state index in [4.69, 9.17) is 54.3 Å². The highest BCUT2D eigenvalue weighted by Gasteiger charge is 2.19. The lowest BCUT2D eigenvalue weighted by molar-refractivity contribution is -0.135. The van der Waals surface area contributed by atoms with E-state index in [0.717, 1.165) is 9.98 Å². The molecule has 0 amide bonds. The van der Waals surface area contributed by atoms with Crippen molar-refractivity contribution >= 4 is 69.8 Å². The van der Waals surface area contributed by atoms with Gasteiger partial charge < -0.3 is 29.4 Å². The van der Waals surface area contributed by atoms with Crippen LogP contribution in [0.1, 0.15) is 13.8 Å². The Morgan fingerprint density at radius 3 is 2.27 bits per heavy atom. The van der Waals surface area contributed by atoms with Crippen LogP contribution >= 0.6 is 52.0 Å². The van der Waals surface area contributed by atoms with Gasteiger partial charge in [-0.1, -0.05) is 34.6 Å². The van der Waals surface area contributed by atoms with E-state index in [9.17, 15) is 4.79 Å². The molecule has 1 aromatic carbocycles. The normalized spacial score (nSPS) is 10.4. The number of hydrogen-bond donors (Lipinski definition) is 3. The van der Waals surface area contributed by atoms with Gasteiger partial charge in [-0.2, -0.15) is 0 Å². The van der Waals surface area contributed by atoms with Crippen molar-refractivity contribution in [3.8, 4) is 5.95 Å². The van der Waals surface area contributed by atoms with Crippen LogP contribution in [0.3, 0.4) is 0 Å². The highest BCUT2D eigenvalue weighted by atomic mass is 35.5. The van der Waals surface area contributed by atoms with Crippen LogP contribution in [0, 0.1) is 0 Å². The Balaban J connectivity index is 0.000000620. The lowest BCUT2D eigenvalue weighted by Crippen LogP contribution is -2.10. The second-order valence-corrected chi connectivity index (χ2v) is 13.3. The molecular weight excluding hydrogens is 512 g/mol. The summed E-state index contributed by atoms with van der Waals surface area (Å²) in [5.74, 6) is -1.000. The summed E-state index contributed by atoms with van der Waals surface area (Å²) in [6.45, 7) is 4.68. The number of thioether (sulfide) groups is 1. The predicted octanol–water partition coefficient (Wildman–Crippen LogP) is 6.09. The van der Waals surface area contributed by atoms with E-state index in [-0.39, 0.29) is 12.5 Å². The number of carboxylic acid groups (broad SMARTS) is 1. The van der Waals surface area contributed by atoms with Crippen LogP contribution in [0.2, 0.25) is 10.0 Å². The average Bonchev–Trinajstić information content (AvgIpc) is 3.17. The fraction of sp³-hybridized carbons (Fsp3) is 0.353. The molecule has 4 N–H and O–H groups in total. The minimum absolute atomic E-state index is 0.0324. The van der Waals surface area contributed by atoms with E-state index in [0.29, 0.717) is 23.3 Å². The van der Waals surface area contributed by atoms with Gasteiger partial charge in [-0.05, 0) is 49.9 Å². The zero-order chi connectivity index (χ0) is 23.0. The van der Waals surface area contributed by atoms with E-state index in [2.05, 4.69) is 10.2 Å². The maximum absolute atomic E-state index is 9.24. The molecule has 0 saturated heterocycles. The number of aromatic hydroxyl groups is 1. The average molecular weight is 536 g/mol. The minimum atomic E-state index is -2.23. The molecule has 0 aliphatic rings. The van der Waals surface area contributed by atoms with Gasteiger partial charge in [0, 0.05) is 16.0 Å². The van der Waals surface area contributed by atoms with Crippen LogP contribution < -0.4 is 5.73 Å². The molecule has 170 valence electrons. The Kier molecular flexibility index (Phi) is 16.9. The first-order valence-corrected chi connectivity index (χ1v) is 14.4. The van der Waals surface area contributed by atoms with Crippen molar-refractivity contribution in [2.24, 2.45) is 5.73 Å². The number of halogens is 2. The van der Waals surface area contributed by atoms with Gasteiger partial charge in [-0.15, -0.1) is 11.8 Å². The fourth-order valence-electron chi connectivity index (χ4n) is 1.44. The summed E-state index contributed by atoms with van der Waals surface area (Å²) in [7, 11) is 0. The van der Waals surface area contributed by atoms with E-state index in [1.807, 2.05) is 19.9 Å². The van der Waals surface area contributed by atoms with Gasteiger partial charge >= 0.3 is 5.97 Å². The Bertz CT molecular complexity index is 773. The monoisotopic (exact) mass is 535 g/mol. The first-order chi connectivity index (χ1) is 14.2. The molecule has 0 bridgehead atoms. The van der Waals surface area contributed by atoms with Gasteiger partial charge in [0.25, 0.3) is 5.95 Å². The molecule has 0 atom stereocenters. The summed E-state index contributed by atoms with van der Waals surface area (Å²) >= 11 is 20.6. The smallest absolute Gasteiger partial charge is 0.317 e. The van der Waals surface area contributed by atoms with Crippen molar-refractivity contribution in [2.75, 3.05) is 24.8 Å². The molecule has 1 heterocycles. The first-order valence-electron chi connectivity index (χ1n) is 8.43. The Labute approximate surface area is 199 Å². The lowest BCUT2D eigenvalue weighted by atomic mass is 10.4. The van der Waals surface area contributed by atoms with Gasteiger partial charge in [0.1, 0.15) is 0 Å². The maximum atomic E-state index is 9.24. The molecule has 0 fully saturated rings. The number of benzene rings is 1. The highest BCUT2D eigenvalue weighted by molar-refractivity contribution is 8.69. The van der Waals surface area contributed by atoms with Crippen molar-refractivity contribution in [3.05, 3.63) is 46.6 Å². The topological polar surface area (TPSA) is 115 Å². The summed E-state index contributed by atoms with van der Waals surface area (Å²) in [6, 6.07) is 8.50. The van der Waals surface area contributed by atoms with Crippen molar-refractivity contribution < 1.29 is 28.5 Å². The highest BCUT2D eigenvalue weighted by Crippen LogP contribution is 2.62. The van der Waals surface area contributed by atoms with Crippen molar-refractivity contribution in [1.29, 1.82) is 0 Å². The van der Waals surface area contributed by atoms with Crippen molar-refractivity contribution in [2.45, 2.75) is 18.7 Å². The molecule has 0 saturated carbocycles. The van der Waals surface area contributed by atoms with Crippen molar-refractivity contribution in [1.82, 2.24) is 0 Å². The minimum Gasteiger partial charge on any atom is -0.481 e. The molecule has 13 heteroatoms. The summed E-state index contributed by atoms with van der Waals surface area (Å²) in [5.41, 5.74) is 2.34. The zero-order valence-electron chi connectivity index (χ0n) is 16.3. The Morgan fingerprint density at radius 2 is 1.87 bits per heavy atom. The van der Waals surface area contributed by atoms with Gasteiger partial charge in [-0.25, -0.2) is 0 Å². The van der Waals surface area contributed by atoms with Gasteiger partial charge in [0.15, 0.2) is 0 Å². The Morgan fingerprint density at radius 1 is 1.27 bits per heavy atom. The summed E-state index contributed by atoms with van der Waals surface area (Å²) in [6.07, 6.45) is 1.41. The number of nitrogens with two attached hydrogens (primary N) is 1. The summed E-state index contributed by atoms with van der Waals surface area (Å²) < 4.78 is 15.5. The van der Waals surface area contributed by atoms with Gasteiger partial charge in [0.2, 0.25) is 5.69 Å². The van der Waals surface area contributed by atoms with Crippen LogP contribution in [-0.2, 0) is 25.6 Å². The second kappa shape index (κ2) is 17.2. The molecule has 1 aromatic heterocycles. The number of aliphatic carboxylic acids is 1. The number of furan rings is 1. The molecule has 0 spiro atoms. The molecule has 0 aliphatic heterocycles. The van der Waals surface area contributed by atoms with Crippen LogP contribution in [-0.4, -0.2) is 41.0 Å². The third-order valence-corrected chi connectivity index (χ3v) is 10.4. The fourth-order valence-corrected chi connectivity index (χ4v) is 8.98. The van der Waals surface area contributed by atoms with E-state index in [1.165, 1.54) is 23.7 Å². The van der Waals surface area contributed by atoms with Gasteiger partial charge in [0.05, 0.1) is 36.1 Å². The number of rotatable bonds is 9. The first kappa shape index (κ1) is 29.6. The SMILES string of the molecule is CCOP(=S)(OCC)SCSc1cc(Cl)ccc1Cl.NCC(=O)O.Oc1ccco1. The predicted molar refractivity (Wildman–Crippen MR) is 129 cm³/mol. The molecule has 0 aliphatic carbocycles. The van der Waals surface area contributed by atoms with Crippen LogP contribution in [0.15, 0.2) is 45.9 Å². The largest absolute Gasteiger partial charge is 0.481 e. The standard InChI is InChI=1S/C11H15Cl2O2PS3.C4H4O2.C2H5NO2/c1-3-14-16(17,15-4-2)19-8-18-11-7-9(12)5-6-10(11)13;5-4-2-1-3-6-4;3-1-2(4)5/h5-7H,3-4,8H2,1-2H3;1-3,5H;1,3H2,(H,4,5). The van der Waals surface area contributed by atoms with Crippen molar-refractivity contribution in [3.63, 3.8) is 0 Å². The molecule has 0 unspecified atom stereocenters. The molecule has 30 heavy (non-hydrogen) atoms. The third kappa shape index (κ3) is 14.6. The lowest BCUT2D eigenvalue weighted by Gasteiger charge is -2.19. The van der Waals surface area contributed by atoms with Crippen LogP contribution in [0.5, 0.6) is 5.95 Å². The quantitative estimate of drug-likeness (QED) is 0.198. The van der Waals surface area contributed by atoms with Crippen LogP contribution in [0.25, 0.3) is 0 Å². The maximum Gasteiger partial charge on any atom is 0.317 e. The number of hydrogen-bond acceptors (Lipinski definition) is 9. The number of carbonyl (C=O) groups is 1. The van der Waals surface area contributed by atoms with Crippen LogP contribution in [0.4, 0.5) is 0 Å². The molecule has 7 nitrogen and oxygen atoms in total. The molecular formula is C17H24Cl2NO6PS3. The van der Waals surface area contributed by atoms with E-state index >= 15 is 0 Å². The third-order valence-electron chi connectivity index (χ3n) is 2.57. The van der Waals surface area contributed by atoms with E-state index < -0.39 is 11.7 Å². The molecule has 2 aromatic rings. The van der Waals surface area contributed by atoms with E-state index in [1.54, 1.807) is 30.0 Å². The second-order valence-electron chi connectivity index (χ2n) is 4.80. The zero-order valence-corrected chi connectivity index (χ0v) is 21.2.